The lowest BCUT2D eigenvalue weighted by atomic mass is 9.86. The number of benzene rings is 2. The van der Waals surface area contributed by atoms with Crippen LogP contribution in [-0.2, 0) is 79.5 Å². The van der Waals surface area contributed by atoms with Crippen LogP contribution in [0.25, 0.3) is 22.3 Å². The van der Waals surface area contributed by atoms with Crippen LogP contribution in [-0.4, -0.2) is 130 Å². The van der Waals surface area contributed by atoms with Crippen LogP contribution in [0.4, 0.5) is 4.39 Å². The smallest absolute Gasteiger partial charge is 0.343 e. The number of aliphatic hydroxyl groups is 1. The Morgan fingerprint density at radius 1 is 0.868 bits per heavy atom. The van der Waals surface area contributed by atoms with Gasteiger partial charge in [-0.2, -0.15) is 0 Å². The molecule has 1 saturated heterocycles. The third-order valence-electron chi connectivity index (χ3n) is 14.3. The summed E-state index contributed by atoms with van der Waals surface area (Å²) in [5.74, 6) is -4.59. The zero-order valence-electron chi connectivity index (χ0n) is 42.5. The van der Waals surface area contributed by atoms with E-state index in [2.05, 4.69) is 31.5 Å². The number of aromatic nitrogens is 2. The van der Waals surface area contributed by atoms with Crippen LogP contribution in [0.1, 0.15) is 85.3 Å². The SMILES string of the molecule is CC[C@@]1(O)C(=O)OCc2c1cc1n(c2=O)Cc2c-1nc1cc(F)c(C)cc1c2CN1CCC(COCNC(=O)CNC(=O)[C@H](Cc2ccccc2)NC(=O)CNC(=O)CNC(=O)CCCCCN2C(=O)C=CC2=O)CC1. The van der Waals surface area contributed by atoms with E-state index in [9.17, 15) is 48.3 Å². The number of pyridine rings is 2. The highest BCUT2D eigenvalue weighted by atomic mass is 19.1. The number of esters is 1. The number of ether oxygens (including phenoxy) is 2. The van der Waals surface area contributed by atoms with Crippen molar-refractivity contribution in [2.24, 2.45) is 5.92 Å². The number of cyclic esters (lactones) is 1. The number of carbonyl (C=O) groups excluding carboxylic acids is 8. The number of likely N-dealkylation sites (tertiary alicyclic amines) is 1. The van der Waals surface area contributed by atoms with Crippen molar-refractivity contribution in [1.82, 2.24) is 45.9 Å². The first-order valence-corrected chi connectivity index (χ1v) is 25.6. The normalized spacial score (nSPS) is 17.4. The summed E-state index contributed by atoms with van der Waals surface area (Å²) >= 11 is 0. The van der Waals surface area contributed by atoms with Crippen molar-refractivity contribution in [3.05, 3.63) is 110 Å². The lowest BCUT2D eigenvalue weighted by Gasteiger charge is -2.32. The average molecular weight is 1050 g/mol. The first kappa shape index (κ1) is 54.6. The molecule has 22 heteroatoms. The number of imide groups is 1. The van der Waals surface area contributed by atoms with Gasteiger partial charge in [0, 0.05) is 60.7 Å². The number of nitrogens with one attached hydrogen (secondary N) is 5. The lowest BCUT2D eigenvalue weighted by molar-refractivity contribution is -0.172. The molecule has 0 unspecified atom stereocenters. The minimum atomic E-state index is -1.98. The molecule has 402 valence electrons. The first-order chi connectivity index (χ1) is 36.5. The summed E-state index contributed by atoms with van der Waals surface area (Å²) in [4.78, 5) is 122. The predicted octanol–water partition coefficient (Wildman–Crippen LogP) is 1.39. The molecule has 1 fully saturated rings. The minimum Gasteiger partial charge on any atom is -0.458 e. The van der Waals surface area contributed by atoms with Crippen LogP contribution >= 0.6 is 0 Å². The zero-order chi connectivity index (χ0) is 54.1. The Balaban J connectivity index is 0.763. The number of carbonyl (C=O) groups is 8. The van der Waals surface area contributed by atoms with E-state index >= 15 is 4.39 Å². The van der Waals surface area contributed by atoms with Gasteiger partial charge in [-0.15, -0.1) is 0 Å². The van der Waals surface area contributed by atoms with E-state index in [0.29, 0.717) is 68.0 Å². The highest BCUT2D eigenvalue weighted by molar-refractivity contribution is 6.12. The summed E-state index contributed by atoms with van der Waals surface area (Å²) in [5, 5.41) is 24.9. The molecule has 2 aromatic carbocycles. The van der Waals surface area contributed by atoms with Crippen LogP contribution in [0.15, 0.2) is 65.5 Å². The fourth-order valence-corrected chi connectivity index (χ4v) is 9.91. The molecule has 7 amide bonds. The number of hydrogen-bond donors (Lipinski definition) is 6. The van der Waals surface area contributed by atoms with Crippen LogP contribution in [0, 0.1) is 18.7 Å². The predicted molar refractivity (Wildman–Crippen MR) is 272 cm³/mol. The maximum atomic E-state index is 15.0. The minimum absolute atomic E-state index is 0.00692. The van der Waals surface area contributed by atoms with Gasteiger partial charge < -0.3 is 45.7 Å². The van der Waals surface area contributed by atoms with E-state index in [4.69, 9.17) is 14.5 Å². The molecule has 6 heterocycles. The van der Waals surface area contributed by atoms with Crippen molar-refractivity contribution < 1.29 is 57.3 Å². The molecule has 8 rings (SSSR count). The van der Waals surface area contributed by atoms with Crippen LogP contribution in [0.2, 0.25) is 0 Å². The van der Waals surface area contributed by atoms with Gasteiger partial charge >= 0.3 is 5.97 Å². The summed E-state index contributed by atoms with van der Waals surface area (Å²) in [7, 11) is 0. The topological polar surface area (TPSA) is 277 Å². The number of unbranched alkanes of at least 4 members (excludes halogenated alkanes) is 2. The second kappa shape index (κ2) is 24.3. The Bertz CT molecular complexity index is 3010. The van der Waals surface area contributed by atoms with Gasteiger partial charge in [0.05, 0.1) is 55.3 Å². The number of aryl methyl sites for hydroxylation is 1. The highest BCUT2D eigenvalue weighted by Gasteiger charge is 2.45. The maximum Gasteiger partial charge on any atom is 0.343 e. The Morgan fingerprint density at radius 2 is 1.57 bits per heavy atom. The van der Waals surface area contributed by atoms with Crippen molar-refractivity contribution in [1.29, 1.82) is 0 Å². The van der Waals surface area contributed by atoms with Crippen molar-refractivity contribution in [3.63, 3.8) is 0 Å². The Morgan fingerprint density at radius 3 is 2.30 bits per heavy atom. The molecule has 76 heavy (non-hydrogen) atoms. The summed E-state index contributed by atoms with van der Waals surface area (Å²) in [6.07, 6.45) is 5.82. The number of nitrogens with zero attached hydrogens (tertiary/aromatic N) is 4. The van der Waals surface area contributed by atoms with Gasteiger partial charge in [-0.25, -0.2) is 14.2 Å². The van der Waals surface area contributed by atoms with Gasteiger partial charge in [0.25, 0.3) is 17.4 Å². The molecule has 0 aliphatic carbocycles. The third-order valence-corrected chi connectivity index (χ3v) is 14.3. The summed E-state index contributed by atoms with van der Waals surface area (Å²) in [6.45, 7) is 4.48. The molecule has 4 aliphatic heterocycles. The monoisotopic (exact) mass is 1050 g/mol. The molecule has 2 aromatic heterocycles. The zero-order valence-corrected chi connectivity index (χ0v) is 42.5. The van der Waals surface area contributed by atoms with E-state index in [1.807, 2.05) is 0 Å². The van der Waals surface area contributed by atoms with Crippen molar-refractivity contribution in [2.75, 3.05) is 52.6 Å². The van der Waals surface area contributed by atoms with Gasteiger partial charge in [-0.3, -0.25) is 48.2 Å². The first-order valence-electron chi connectivity index (χ1n) is 25.6. The van der Waals surface area contributed by atoms with E-state index < -0.39 is 60.1 Å². The summed E-state index contributed by atoms with van der Waals surface area (Å²) in [6, 6.07) is 12.7. The molecule has 0 spiro atoms. The Labute approximate surface area is 436 Å². The molecule has 2 atom stereocenters. The van der Waals surface area contributed by atoms with Gasteiger partial charge in [0.15, 0.2) is 5.60 Å². The quantitative estimate of drug-likeness (QED) is 0.0234. The summed E-state index contributed by atoms with van der Waals surface area (Å²) < 4.78 is 27.7. The van der Waals surface area contributed by atoms with E-state index in [0.717, 1.165) is 39.8 Å². The standard InChI is InChI=1S/C54H62FN9O12/c1-3-54(74)39-22-43-50-37(28-64(43)52(72)38(39)30-76-53(54)73)36(35-20-32(2)40(55)23-41(35)61-50)27-62-18-15-34(16-19-62)29-75-31-59-46(67)25-58-51(71)42(21-33-10-6-4-7-11-33)60-47(68)26-57-45(66)24-56-44(65)12-8-5-9-17-63-48(69)13-14-49(63)70/h4,6-7,10-11,13-14,20,22-23,34,42,74H,3,5,8-9,12,15-19,21,24-31H2,1-2H3,(H,56,65)(H,57,66)(H,58,71)(H,59,67)(H,60,68)/t42-,54-/m0/s1. The number of halogens is 1. The Kier molecular flexibility index (Phi) is 17.5. The van der Waals surface area contributed by atoms with Crippen molar-refractivity contribution >= 4 is 58.2 Å². The van der Waals surface area contributed by atoms with Gasteiger partial charge in [-0.05, 0) is 86.9 Å². The van der Waals surface area contributed by atoms with Gasteiger partial charge in [0.1, 0.15) is 25.2 Å². The number of hydrogen-bond acceptors (Lipinski definition) is 14. The number of piperidine rings is 1. The van der Waals surface area contributed by atoms with Gasteiger partial charge in [0.2, 0.25) is 29.5 Å². The van der Waals surface area contributed by atoms with E-state index in [-0.39, 0.29) is 92.6 Å². The fourth-order valence-electron chi connectivity index (χ4n) is 9.91. The molecular formula is C54H62FN9O12. The van der Waals surface area contributed by atoms with E-state index in [1.165, 1.54) is 18.2 Å². The largest absolute Gasteiger partial charge is 0.458 e. The van der Waals surface area contributed by atoms with Crippen LogP contribution in [0.3, 0.4) is 0 Å². The molecule has 0 radical (unpaired) electrons. The van der Waals surface area contributed by atoms with Crippen LogP contribution in [0.5, 0.6) is 0 Å². The molecule has 6 N–H and O–H groups in total. The summed E-state index contributed by atoms with van der Waals surface area (Å²) in [5.41, 5.74) is 2.36. The van der Waals surface area contributed by atoms with E-state index in [1.54, 1.807) is 60.9 Å². The van der Waals surface area contributed by atoms with Crippen molar-refractivity contribution in [3.8, 4) is 11.4 Å². The number of rotatable bonds is 23. The second-order valence-electron chi connectivity index (χ2n) is 19.5. The fraction of sp³-hybridized carbons (Fsp3) is 0.444. The Hall–Kier alpha value is -7.69. The van der Waals surface area contributed by atoms with Crippen LogP contribution < -0.4 is 32.1 Å². The molecular weight excluding hydrogens is 986 g/mol. The number of amides is 7. The lowest BCUT2D eigenvalue weighted by Crippen LogP contribution is -2.52. The maximum absolute atomic E-state index is 15.0. The molecule has 0 bridgehead atoms. The highest BCUT2D eigenvalue weighted by Crippen LogP contribution is 2.41. The van der Waals surface area contributed by atoms with Gasteiger partial charge in [-0.1, -0.05) is 43.7 Å². The average Bonchev–Trinajstić information content (AvgIpc) is 3.94. The molecule has 4 aromatic rings. The second-order valence-corrected chi connectivity index (χ2v) is 19.5. The molecule has 4 aliphatic rings. The molecule has 21 nitrogen and oxygen atoms in total. The third kappa shape index (κ3) is 12.7. The number of fused-ring (bicyclic) bond motifs is 5. The molecule has 0 saturated carbocycles. The van der Waals surface area contributed by atoms with Crippen molar-refractivity contribution in [2.45, 2.75) is 96.6 Å².